The Kier molecular flexibility index (Phi) is 19.4. The quantitative estimate of drug-likeness (QED) is 0.312. The maximum atomic E-state index is 12.7. The summed E-state index contributed by atoms with van der Waals surface area (Å²) >= 11 is 0. The fourth-order valence-corrected chi connectivity index (χ4v) is 3.16. The molecule has 208 valence electrons. The molecular weight excluding hydrogens is 464 g/mol. The number of carbonyl (C=O) groups is 2. The molecule has 0 saturated carbocycles. The lowest BCUT2D eigenvalue weighted by Crippen LogP contribution is -2.40. The van der Waals surface area contributed by atoms with Crippen molar-refractivity contribution < 1.29 is 19.1 Å². The van der Waals surface area contributed by atoms with Crippen LogP contribution >= 0.6 is 0 Å². The van der Waals surface area contributed by atoms with Crippen molar-refractivity contribution in [2.45, 2.75) is 87.3 Å². The SMILES string of the molecule is CC.CCCC.CCCC(=O)NCCN(Cc1ccc(OCc2ccccc2)c(OC)c1)C(=O)C(C)C. The fraction of sp³-hybridized carbons (Fsp3) is 0.548. The third kappa shape index (κ3) is 14.3. The van der Waals surface area contributed by atoms with Crippen LogP contribution in [0.4, 0.5) is 0 Å². The van der Waals surface area contributed by atoms with E-state index in [4.69, 9.17) is 9.47 Å². The number of amides is 2. The van der Waals surface area contributed by atoms with E-state index in [9.17, 15) is 9.59 Å². The van der Waals surface area contributed by atoms with E-state index in [-0.39, 0.29) is 17.7 Å². The lowest BCUT2D eigenvalue weighted by molar-refractivity contribution is -0.135. The van der Waals surface area contributed by atoms with Gasteiger partial charge in [0.05, 0.1) is 7.11 Å². The highest BCUT2D eigenvalue weighted by molar-refractivity contribution is 5.78. The molecule has 0 aliphatic heterocycles. The number of hydrogen-bond acceptors (Lipinski definition) is 4. The Bertz CT molecular complexity index is 867. The van der Waals surface area contributed by atoms with Crippen LogP contribution in [0.25, 0.3) is 0 Å². The topological polar surface area (TPSA) is 67.9 Å². The molecule has 0 spiro atoms. The van der Waals surface area contributed by atoms with E-state index < -0.39 is 0 Å². The summed E-state index contributed by atoms with van der Waals surface area (Å²) in [5.41, 5.74) is 2.02. The minimum atomic E-state index is -0.123. The second kappa shape index (κ2) is 21.1. The molecule has 6 heteroatoms. The number of ether oxygens (including phenoxy) is 2. The van der Waals surface area contributed by atoms with Gasteiger partial charge in [-0.3, -0.25) is 9.59 Å². The van der Waals surface area contributed by atoms with Crippen LogP contribution in [0.3, 0.4) is 0 Å². The number of benzene rings is 2. The third-order valence-electron chi connectivity index (χ3n) is 5.33. The second-order valence-corrected chi connectivity index (χ2v) is 8.77. The van der Waals surface area contributed by atoms with Gasteiger partial charge in [-0.2, -0.15) is 0 Å². The predicted molar refractivity (Wildman–Crippen MR) is 154 cm³/mol. The number of nitrogens with zero attached hydrogens (tertiary/aromatic N) is 1. The summed E-state index contributed by atoms with van der Waals surface area (Å²) in [5, 5.41) is 2.88. The van der Waals surface area contributed by atoms with Crippen molar-refractivity contribution in [3.8, 4) is 11.5 Å². The molecule has 2 aromatic carbocycles. The Labute approximate surface area is 225 Å². The van der Waals surface area contributed by atoms with Gasteiger partial charge < -0.3 is 19.7 Å². The van der Waals surface area contributed by atoms with E-state index in [1.165, 1.54) is 12.8 Å². The molecule has 0 unspecified atom stereocenters. The van der Waals surface area contributed by atoms with Gasteiger partial charge in [0, 0.05) is 32.0 Å². The monoisotopic (exact) mass is 514 g/mol. The molecule has 0 bridgehead atoms. The van der Waals surface area contributed by atoms with Gasteiger partial charge in [0.15, 0.2) is 11.5 Å². The molecule has 0 heterocycles. The molecule has 1 N–H and O–H groups in total. The first-order valence-corrected chi connectivity index (χ1v) is 13.7. The van der Waals surface area contributed by atoms with Gasteiger partial charge in [0.25, 0.3) is 0 Å². The van der Waals surface area contributed by atoms with Gasteiger partial charge in [-0.1, -0.05) is 97.7 Å². The van der Waals surface area contributed by atoms with Crippen LogP contribution in [0, 0.1) is 5.92 Å². The van der Waals surface area contributed by atoms with Gasteiger partial charge in [-0.05, 0) is 29.7 Å². The largest absolute Gasteiger partial charge is 0.493 e. The predicted octanol–water partition coefficient (Wildman–Crippen LogP) is 7.01. The maximum absolute atomic E-state index is 12.7. The number of rotatable bonds is 13. The van der Waals surface area contributed by atoms with E-state index in [2.05, 4.69) is 19.2 Å². The Morgan fingerprint density at radius 1 is 0.892 bits per heavy atom. The van der Waals surface area contributed by atoms with Crippen LogP contribution in [-0.4, -0.2) is 36.9 Å². The van der Waals surface area contributed by atoms with Crippen LogP contribution < -0.4 is 14.8 Å². The smallest absolute Gasteiger partial charge is 0.225 e. The molecule has 2 amide bonds. The molecule has 0 fully saturated rings. The van der Waals surface area contributed by atoms with Crippen LogP contribution in [0.1, 0.15) is 85.3 Å². The number of methoxy groups -OCH3 is 1. The molecule has 0 aromatic heterocycles. The second-order valence-electron chi connectivity index (χ2n) is 8.77. The zero-order valence-electron chi connectivity index (χ0n) is 24.4. The highest BCUT2D eigenvalue weighted by atomic mass is 16.5. The number of nitrogens with one attached hydrogen (secondary N) is 1. The molecule has 37 heavy (non-hydrogen) atoms. The van der Waals surface area contributed by atoms with Crippen molar-refractivity contribution in [1.82, 2.24) is 10.2 Å². The van der Waals surface area contributed by atoms with Crippen molar-refractivity contribution in [3.63, 3.8) is 0 Å². The van der Waals surface area contributed by atoms with Crippen LogP contribution in [0.5, 0.6) is 11.5 Å². The first kappa shape index (κ1) is 34.0. The van der Waals surface area contributed by atoms with Crippen molar-refractivity contribution in [2.24, 2.45) is 5.92 Å². The molecule has 0 atom stereocenters. The van der Waals surface area contributed by atoms with Crippen LogP contribution in [0.2, 0.25) is 0 Å². The van der Waals surface area contributed by atoms with Gasteiger partial charge in [-0.15, -0.1) is 0 Å². The van der Waals surface area contributed by atoms with E-state index in [1.54, 1.807) is 12.0 Å². The van der Waals surface area contributed by atoms with Gasteiger partial charge in [0.1, 0.15) is 6.61 Å². The average Bonchev–Trinajstić information content (AvgIpc) is 2.93. The number of unbranched alkanes of at least 4 members (excludes halogenated alkanes) is 1. The molecule has 0 aliphatic carbocycles. The minimum Gasteiger partial charge on any atom is -0.493 e. The maximum Gasteiger partial charge on any atom is 0.225 e. The zero-order valence-corrected chi connectivity index (χ0v) is 24.4. The number of hydrogen-bond donors (Lipinski definition) is 1. The first-order valence-electron chi connectivity index (χ1n) is 13.7. The average molecular weight is 515 g/mol. The normalized spacial score (nSPS) is 9.86. The summed E-state index contributed by atoms with van der Waals surface area (Å²) in [4.78, 5) is 26.2. The van der Waals surface area contributed by atoms with Crippen molar-refractivity contribution >= 4 is 11.8 Å². The van der Waals surface area contributed by atoms with Gasteiger partial charge in [-0.25, -0.2) is 0 Å². The third-order valence-corrected chi connectivity index (χ3v) is 5.33. The highest BCUT2D eigenvalue weighted by Crippen LogP contribution is 2.29. The molecule has 0 aliphatic rings. The summed E-state index contributed by atoms with van der Waals surface area (Å²) in [7, 11) is 1.61. The highest BCUT2D eigenvalue weighted by Gasteiger charge is 2.18. The summed E-state index contributed by atoms with van der Waals surface area (Å²) in [6.07, 6.45) is 3.94. The van der Waals surface area contributed by atoms with Gasteiger partial charge >= 0.3 is 0 Å². The van der Waals surface area contributed by atoms with Crippen molar-refractivity contribution in [3.05, 3.63) is 59.7 Å². The standard InChI is InChI=1S/C25H34N2O4.C4H10.C2H6/c1-5-9-24(28)26-14-15-27(25(29)19(2)3)17-21-12-13-22(23(16-21)30-4)31-18-20-10-7-6-8-11-20;1-3-4-2;1-2/h6-8,10-13,16,19H,5,9,14-15,17-18H2,1-4H3,(H,26,28);3-4H2,1-2H3;1-2H3. The van der Waals surface area contributed by atoms with Crippen LogP contribution in [0.15, 0.2) is 48.5 Å². The molecule has 0 radical (unpaired) electrons. The Morgan fingerprint density at radius 3 is 2.08 bits per heavy atom. The Hall–Kier alpha value is -3.02. The zero-order chi connectivity index (χ0) is 28.1. The van der Waals surface area contributed by atoms with E-state index in [0.717, 1.165) is 17.5 Å². The molecule has 2 aromatic rings. The summed E-state index contributed by atoms with van der Waals surface area (Å²) in [5.74, 6) is 1.22. The number of carbonyl (C=O) groups excluding carboxylic acids is 2. The lowest BCUT2D eigenvalue weighted by Gasteiger charge is -2.25. The van der Waals surface area contributed by atoms with Crippen LogP contribution in [-0.2, 0) is 22.7 Å². The summed E-state index contributed by atoms with van der Waals surface area (Å²) in [6.45, 7) is 15.9. The molecule has 0 saturated heterocycles. The Balaban J connectivity index is 0.00000196. The van der Waals surface area contributed by atoms with E-state index in [1.807, 2.05) is 83.1 Å². The first-order chi connectivity index (χ1) is 17.9. The van der Waals surface area contributed by atoms with E-state index in [0.29, 0.717) is 44.2 Å². The lowest BCUT2D eigenvalue weighted by atomic mass is 10.1. The molecular formula is C31H50N2O4. The summed E-state index contributed by atoms with van der Waals surface area (Å²) in [6, 6.07) is 15.7. The molecule has 2 rings (SSSR count). The fourth-order valence-electron chi connectivity index (χ4n) is 3.16. The summed E-state index contributed by atoms with van der Waals surface area (Å²) < 4.78 is 11.4. The van der Waals surface area contributed by atoms with Gasteiger partial charge in [0.2, 0.25) is 11.8 Å². The minimum absolute atomic E-state index is 0.0148. The molecule has 6 nitrogen and oxygen atoms in total. The van der Waals surface area contributed by atoms with Crippen molar-refractivity contribution in [2.75, 3.05) is 20.2 Å². The van der Waals surface area contributed by atoms with E-state index >= 15 is 0 Å². The van der Waals surface area contributed by atoms with Crippen molar-refractivity contribution in [1.29, 1.82) is 0 Å². The Morgan fingerprint density at radius 2 is 1.54 bits per heavy atom.